The number of thiazole rings is 1. The van der Waals surface area contributed by atoms with E-state index in [4.69, 9.17) is 4.98 Å². The molecule has 3 heterocycles. The van der Waals surface area contributed by atoms with Crippen LogP contribution < -0.4 is 5.56 Å². The molecule has 1 unspecified atom stereocenters. The zero-order valence-electron chi connectivity index (χ0n) is 15.6. The third-order valence-electron chi connectivity index (χ3n) is 5.72. The first-order valence-electron chi connectivity index (χ1n) is 9.83. The molecule has 0 radical (unpaired) electrons. The van der Waals surface area contributed by atoms with Crippen LogP contribution in [0, 0.1) is 12.8 Å². The summed E-state index contributed by atoms with van der Waals surface area (Å²) in [4.78, 5) is 25.3. The maximum Gasteiger partial charge on any atom is 0.261 e. The van der Waals surface area contributed by atoms with E-state index in [9.17, 15) is 4.79 Å². The second-order valence-electron chi connectivity index (χ2n) is 7.83. The van der Waals surface area contributed by atoms with Gasteiger partial charge in [0.25, 0.3) is 5.56 Å². The topological polar surface area (TPSA) is 51.0 Å². The molecule has 1 atom stereocenters. The first kappa shape index (κ1) is 17.1. The third kappa shape index (κ3) is 3.32. The van der Waals surface area contributed by atoms with E-state index < -0.39 is 0 Å². The van der Waals surface area contributed by atoms with Gasteiger partial charge in [0, 0.05) is 18.5 Å². The van der Waals surface area contributed by atoms with Gasteiger partial charge in [-0.1, -0.05) is 12.1 Å². The fourth-order valence-electron chi connectivity index (χ4n) is 4.17. The first-order chi connectivity index (χ1) is 13.2. The Morgan fingerprint density at radius 3 is 2.81 bits per heavy atom. The van der Waals surface area contributed by atoms with Gasteiger partial charge in [0.15, 0.2) is 0 Å². The molecule has 1 aliphatic heterocycles. The molecule has 5 nitrogen and oxygen atoms in total. The average Bonchev–Trinajstić information content (AvgIpc) is 3.22. The molecule has 0 spiro atoms. The molecular formula is C21H24N4OS. The fourth-order valence-corrected chi connectivity index (χ4v) is 4.78. The molecular weight excluding hydrogens is 356 g/mol. The van der Waals surface area contributed by atoms with E-state index in [1.807, 2.05) is 35.8 Å². The highest BCUT2D eigenvalue weighted by molar-refractivity contribution is 7.09. The van der Waals surface area contributed by atoms with Crippen LogP contribution in [-0.4, -0.2) is 26.0 Å². The molecule has 5 rings (SSSR count). The zero-order chi connectivity index (χ0) is 18.4. The number of likely N-dealkylation sites (tertiary alicyclic amines) is 1. The first-order valence-corrected chi connectivity index (χ1v) is 10.7. The van der Waals surface area contributed by atoms with Gasteiger partial charge in [0.1, 0.15) is 5.82 Å². The van der Waals surface area contributed by atoms with Crippen LogP contribution in [0.2, 0.25) is 0 Å². The Bertz CT molecular complexity index is 1040. The van der Waals surface area contributed by atoms with Crippen molar-refractivity contribution in [2.75, 3.05) is 6.54 Å². The summed E-state index contributed by atoms with van der Waals surface area (Å²) in [5.41, 5.74) is 2.07. The summed E-state index contributed by atoms with van der Waals surface area (Å²) in [6, 6.07) is 7.96. The smallest absolute Gasteiger partial charge is 0.261 e. The summed E-state index contributed by atoms with van der Waals surface area (Å²) in [7, 11) is 0. The second-order valence-corrected chi connectivity index (χ2v) is 8.89. The van der Waals surface area contributed by atoms with Crippen LogP contribution in [0.15, 0.2) is 34.4 Å². The predicted octanol–water partition coefficient (Wildman–Crippen LogP) is 3.91. The lowest BCUT2D eigenvalue weighted by Gasteiger charge is -2.26. The van der Waals surface area contributed by atoms with E-state index in [0.29, 0.717) is 5.92 Å². The van der Waals surface area contributed by atoms with Crippen molar-refractivity contribution in [1.29, 1.82) is 0 Å². The Labute approximate surface area is 162 Å². The summed E-state index contributed by atoms with van der Waals surface area (Å²) < 4.78 is 1.98. The van der Waals surface area contributed by atoms with Gasteiger partial charge in [-0.3, -0.25) is 14.3 Å². The van der Waals surface area contributed by atoms with E-state index >= 15 is 0 Å². The molecule has 2 aromatic heterocycles. The molecule has 140 valence electrons. The van der Waals surface area contributed by atoms with Crippen LogP contribution >= 0.6 is 11.3 Å². The van der Waals surface area contributed by atoms with Crippen LogP contribution in [0.5, 0.6) is 0 Å². The van der Waals surface area contributed by atoms with Gasteiger partial charge in [0.2, 0.25) is 0 Å². The van der Waals surface area contributed by atoms with E-state index in [0.717, 1.165) is 59.9 Å². The highest BCUT2D eigenvalue weighted by atomic mass is 32.1. The van der Waals surface area contributed by atoms with Crippen LogP contribution in [0.3, 0.4) is 0 Å². The monoisotopic (exact) mass is 380 g/mol. The van der Waals surface area contributed by atoms with Crippen molar-refractivity contribution in [3.63, 3.8) is 0 Å². The minimum atomic E-state index is 0.124. The molecule has 27 heavy (non-hydrogen) atoms. The Kier molecular flexibility index (Phi) is 4.32. The number of nitrogens with zero attached hydrogens (tertiary/aromatic N) is 4. The van der Waals surface area contributed by atoms with Crippen LogP contribution in [0.25, 0.3) is 10.9 Å². The van der Waals surface area contributed by atoms with Crippen LogP contribution in [-0.2, 0) is 13.1 Å². The van der Waals surface area contributed by atoms with E-state index in [1.165, 1.54) is 12.8 Å². The third-order valence-corrected chi connectivity index (χ3v) is 6.54. The maximum atomic E-state index is 13.2. The van der Waals surface area contributed by atoms with Gasteiger partial charge in [-0.2, -0.15) is 0 Å². The number of aryl methyl sites for hydroxylation is 1. The molecule has 1 saturated heterocycles. The summed E-state index contributed by atoms with van der Waals surface area (Å²) in [6.45, 7) is 4.73. The molecule has 0 N–H and O–H groups in total. The summed E-state index contributed by atoms with van der Waals surface area (Å²) >= 11 is 1.70. The lowest BCUT2D eigenvalue weighted by molar-refractivity contribution is 0.230. The van der Waals surface area contributed by atoms with Gasteiger partial charge in [-0.05, 0) is 57.2 Å². The SMILES string of the molecule is Cc1nc(CN2CCCC2c2nc3ccccc3c(=O)n2CC2CC2)cs1. The van der Waals surface area contributed by atoms with Gasteiger partial charge < -0.3 is 0 Å². The number of rotatable bonds is 5. The average molecular weight is 381 g/mol. The molecule has 6 heteroatoms. The van der Waals surface area contributed by atoms with Crippen molar-refractivity contribution in [2.45, 2.75) is 51.7 Å². The van der Waals surface area contributed by atoms with E-state index in [-0.39, 0.29) is 11.6 Å². The standard InChI is InChI=1S/C21H24N4OS/c1-14-22-16(13-27-14)12-24-10-4-7-19(24)20-23-18-6-3-2-5-17(18)21(26)25(20)11-15-8-9-15/h2-3,5-6,13,15,19H,4,7-12H2,1H3. The minimum Gasteiger partial charge on any atom is -0.295 e. The van der Waals surface area contributed by atoms with Crippen molar-refractivity contribution >= 4 is 22.2 Å². The molecule has 0 amide bonds. The molecule has 1 aliphatic carbocycles. The summed E-state index contributed by atoms with van der Waals surface area (Å²) in [5, 5.41) is 3.99. The largest absolute Gasteiger partial charge is 0.295 e. The highest BCUT2D eigenvalue weighted by Gasteiger charge is 2.32. The minimum absolute atomic E-state index is 0.124. The Hall–Kier alpha value is -2.05. The molecule has 1 aromatic carbocycles. The van der Waals surface area contributed by atoms with Gasteiger partial charge in [0.05, 0.1) is 27.6 Å². The number of fused-ring (bicyclic) bond motifs is 1. The molecule has 2 aliphatic rings. The van der Waals surface area contributed by atoms with Crippen molar-refractivity contribution in [2.24, 2.45) is 5.92 Å². The quantitative estimate of drug-likeness (QED) is 0.673. The van der Waals surface area contributed by atoms with Crippen molar-refractivity contribution < 1.29 is 0 Å². The van der Waals surface area contributed by atoms with E-state index in [1.54, 1.807) is 11.3 Å². The maximum absolute atomic E-state index is 13.2. The number of benzene rings is 1. The zero-order valence-corrected chi connectivity index (χ0v) is 16.4. The van der Waals surface area contributed by atoms with Crippen molar-refractivity contribution in [3.8, 4) is 0 Å². The van der Waals surface area contributed by atoms with Crippen LogP contribution in [0.1, 0.15) is 48.3 Å². The molecule has 3 aromatic rings. The van der Waals surface area contributed by atoms with Gasteiger partial charge in [-0.25, -0.2) is 9.97 Å². The summed E-state index contributed by atoms with van der Waals surface area (Å²) in [6.07, 6.45) is 4.65. The van der Waals surface area contributed by atoms with Crippen LogP contribution in [0.4, 0.5) is 0 Å². The Balaban J connectivity index is 1.56. The number of hydrogen-bond donors (Lipinski definition) is 0. The lowest BCUT2D eigenvalue weighted by atomic mass is 10.1. The molecule has 0 bridgehead atoms. The Morgan fingerprint density at radius 2 is 2.04 bits per heavy atom. The van der Waals surface area contributed by atoms with Crippen molar-refractivity contribution in [1.82, 2.24) is 19.4 Å². The van der Waals surface area contributed by atoms with Gasteiger partial charge in [-0.15, -0.1) is 11.3 Å². The van der Waals surface area contributed by atoms with Gasteiger partial charge >= 0.3 is 0 Å². The normalized spacial score (nSPS) is 20.6. The molecule has 2 fully saturated rings. The number of hydrogen-bond acceptors (Lipinski definition) is 5. The predicted molar refractivity (Wildman–Crippen MR) is 108 cm³/mol. The summed E-state index contributed by atoms with van der Waals surface area (Å²) in [5.74, 6) is 1.59. The number of aromatic nitrogens is 3. The number of para-hydroxylation sites is 1. The highest BCUT2D eigenvalue weighted by Crippen LogP contribution is 2.35. The van der Waals surface area contributed by atoms with E-state index in [2.05, 4.69) is 15.3 Å². The lowest BCUT2D eigenvalue weighted by Crippen LogP contribution is -2.32. The Morgan fingerprint density at radius 1 is 1.19 bits per heavy atom. The second kappa shape index (κ2) is 6.84. The van der Waals surface area contributed by atoms with Crippen molar-refractivity contribution in [3.05, 3.63) is 56.5 Å². The fraction of sp³-hybridized carbons (Fsp3) is 0.476. The molecule has 1 saturated carbocycles.